The quantitative estimate of drug-likeness (QED) is 0.907. The van der Waals surface area contributed by atoms with Crippen molar-refractivity contribution in [3.8, 4) is 5.75 Å². The highest BCUT2D eigenvalue weighted by Gasteiger charge is 2.21. The summed E-state index contributed by atoms with van der Waals surface area (Å²) in [4.78, 5) is 0. The van der Waals surface area contributed by atoms with E-state index in [0.717, 1.165) is 17.3 Å². The molecule has 21 heavy (non-hydrogen) atoms. The fourth-order valence-electron chi connectivity index (χ4n) is 2.83. The smallest absolute Gasteiger partial charge is 0.119 e. The van der Waals surface area contributed by atoms with Crippen LogP contribution in [0.4, 0.5) is 0 Å². The molecule has 1 aliphatic rings. The first kappa shape index (κ1) is 14.5. The summed E-state index contributed by atoms with van der Waals surface area (Å²) in [6, 6.07) is 17.8. The van der Waals surface area contributed by atoms with E-state index in [2.05, 4.69) is 54.7 Å². The molecule has 2 nitrogen and oxygen atoms in total. The predicted octanol–water partition coefficient (Wildman–Crippen LogP) is 4.33. The lowest BCUT2D eigenvalue weighted by Crippen LogP contribution is -2.29. The molecular weight excluding hydrogens is 278 g/mol. The largest absolute Gasteiger partial charge is 0.497 e. The normalized spacial score (nSPS) is 18.9. The minimum Gasteiger partial charge on any atom is -0.497 e. The highest BCUT2D eigenvalue weighted by Crippen LogP contribution is 2.33. The van der Waals surface area contributed by atoms with E-state index >= 15 is 0 Å². The Kier molecular flexibility index (Phi) is 4.51. The number of methoxy groups -OCH3 is 1. The minimum atomic E-state index is 0.303. The molecule has 2 atom stereocenters. The van der Waals surface area contributed by atoms with E-state index in [1.54, 1.807) is 7.11 Å². The fraction of sp³-hybridized carbons (Fsp3) is 0.333. The Hall–Kier alpha value is -1.45. The third-order valence-electron chi connectivity index (χ3n) is 4.02. The molecule has 110 valence electrons. The molecule has 1 aliphatic heterocycles. The molecule has 3 rings (SSSR count). The number of nitrogens with one attached hydrogen (secondary N) is 1. The molecule has 0 bridgehead atoms. The third-order valence-corrected chi connectivity index (χ3v) is 5.10. The predicted molar refractivity (Wildman–Crippen MR) is 89.9 cm³/mol. The highest BCUT2D eigenvalue weighted by molar-refractivity contribution is 7.98. The van der Waals surface area contributed by atoms with Gasteiger partial charge in [0.05, 0.1) is 7.11 Å². The summed E-state index contributed by atoms with van der Waals surface area (Å²) < 4.78 is 5.32. The zero-order chi connectivity index (χ0) is 14.7. The lowest BCUT2D eigenvalue weighted by atomic mass is 10.00. The second-order valence-electron chi connectivity index (χ2n) is 5.43. The highest BCUT2D eigenvalue weighted by atomic mass is 32.2. The molecule has 1 N–H and O–H groups in total. The van der Waals surface area contributed by atoms with Crippen molar-refractivity contribution in [3.05, 3.63) is 65.2 Å². The van der Waals surface area contributed by atoms with Crippen molar-refractivity contribution < 1.29 is 4.74 Å². The molecule has 0 radical (unpaired) electrons. The lowest BCUT2D eigenvalue weighted by Gasteiger charge is -2.29. The number of hydrogen-bond donors (Lipinski definition) is 1. The molecule has 0 saturated carbocycles. The van der Waals surface area contributed by atoms with E-state index in [0.29, 0.717) is 12.1 Å². The van der Waals surface area contributed by atoms with Crippen LogP contribution in [0.5, 0.6) is 5.75 Å². The van der Waals surface area contributed by atoms with Crippen molar-refractivity contribution in [1.29, 1.82) is 0 Å². The Bertz CT molecular complexity index is 614. The van der Waals surface area contributed by atoms with Gasteiger partial charge < -0.3 is 10.1 Å². The Labute approximate surface area is 130 Å². The van der Waals surface area contributed by atoms with Crippen molar-refractivity contribution >= 4 is 11.8 Å². The number of fused-ring (bicyclic) bond motifs is 1. The fourth-order valence-corrected chi connectivity index (χ4v) is 3.94. The van der Waals surface area contributed by atoms with E-state index in [9.17, 15) is 0 Å². The molecule has 0 spiro atoms. The van der Waals surface area contributed by atoms with Crippen LogP contribution < -0.4 is 10.1 Å². The number of benzene rings is 2. The number of rotatable bonds is 4. The summed E-state index contributed by atoms with van der Waals surface area (Å²) >= 11 is 2.00. The first-order chi connectivity index (χ1) is 10.3. The van der Waals surface area contributed by atoms with Crippen LogP contribution >= 0.6 is 11.8 Å². The van der Waals surface area contributed by atoms with Crippen LogP contribution in [-0.2, 0) is 5.75 Å². The maximum absolute atomic E-state index is 5.32. The van der Waals surface area contributed by atoms with Crippen molar-refractivity contribution in [3.63, 3.8) is 0 Å². The molecule has 2 aromatic rings. The average Bonchev–Trinajstić information content (AvgIpc) is 2.55. The first-order valence-corrected chi connectivity index (χ1v) is 8.49. The van der Waals surface area contributed by atoms with Crippen molar-refractivity contribution in [2.24, 2.45) is 0 Å². The topological polar surface area (TPSA) is 21.3 Å². The van der Waals surface area contributed by atoms with Gasteiger partial charge in [-0.05, 0) is 35.7 Å². The van der Waals surface area contributed by atoms with Crippen LogP contribution in [0.25, 0.3) is 0 Å². The molecule has 1 unspecified atom stereocenters. The Balaban J connectivity index is 1.77. The molecule has 0 aromatic heterocycles. The van der Waals surface area contributed by atoms with Gasteiger partial charge in [-0.2, -0.15) is 11.8 Å². The summed E-state index contributed by atoms with van der Waals surface area (Å²) in [7, 11) is 1.71. The van der Waals surface area contributed by atoms with Crippen LogP contribution in [-0.4, -0.2) is 12.9 Å². The van der Waals surface area contributed by atoms with Gasteiger partial charge >= 0.3 is 0 Å². The third kappa shape index (κ3) is 3.25. The number of ether oxygens (including phenoxy) is 1. The van der Waals surface area contributed by atoms with Crippen LogP contribution in [0.1, 0.15) is 35.7 Å². The minimum absolute atomic E-state index is 0.303. The van der Waals surface area contributed by atoms with Crippen LogP contribution in [0.3, 0.4) is 0 Å². The Morgan fingerprint density at radius 2 is 2.05 bits per heavy atom. The van der Waals surface area contributed by atoms with E-state index in [4.69, 9.17) is 4.74 Å². The van der Waals surface area contributed by atoms with Gasteiger partial charge in [-0.1, -0.05) is 36.4 Å². The number of thioether (sulfide) groups is 1. The zero-order valence-corrected chi connectivity index (χ0v) is 13.3. The van der Waals surface area contributed by atoms with E-state index in [1.807, 2.05) is 17.8 Å². The summed E-state index contributed by atoms with van der Waals surface area (Å²) in [5.74, 6) is 3.17. The maximum Gasteiger partial charge on any atom is 0.119 e. The molecule has 1 heterocycles. The second-order valence-corrected chi connectivity index (χ2v) is 6.46. The van der Waals surface area contributed by atoms with Crippen molar-refractivity contribution in [1.82, 2.24) is 5.32 Å². The molecule has 0 saturated heterocycles. The summed E-state index contributed by atoms with van der Waals surface area (Å²) in [6.07, 6.45) is 0. The molecular formula is C18H21NOS. The lowest BCUT2D eigenvalue weighted by molar-refractivity contribution is 0.412. The van der Waals surface area contributed by atoms with Gasteiger partial charge in [-0.15, -0.1) is 0 Å². The summed E-state index contributed by atoms with van der Waals surface area (Å²) in [5, 5.41) is 3.77. The second kappa shape index (κ2) is 6.54. The molecule has 2 aromatic carbocycles. The van der Waals surface area contributed by atoms with Gasteiger partial charge in [0.15, 0.2) is 0 Å². The molecule has 0 amide bonds. The van der Waals surface area contributed by atoms with Crippen LogP contribution in [0, 0.1) is 0 Å². The molecule has 0 aliphatic carbocycles. The van der Waals surface area contributed by atoms with Crippen LogP contribution in [0.2, 0.25) is 0 Å². The van der Waals surface area contributed by atoms with Crippen molar-refractivity contribution in [2.75, 3.05) is 12.9 Å². The Morgan fingerprint density at radius 3 is 2.90 bits per heavy atom. The Morgan fingerprint density at radius 1 is 1.19 bits per heavy atom. The maximum atomic E-state index is 5.32. The van der Waals surface area contributed by atoms with E-state index in [1.165, 1.54) is 16.7 Å². The van der Waals surface area contributed by atoms with Gasteiger partial charge in [-0.25, -0.2) is 0 Å². The van der Waals surface area contributed by atoms with E-state index < -0.39 is 0 Å². The van der Waals surface area contributed by atoms with Gasteiger partial charge in [0, 0.05) is 23.6 Å². The molecule has 0 fully saturated rings. The first-order valence-electron chi connectivity index (χ1n) is 7.33. The summed E-state index contributed by atoms with van der Waals surface area (Å²) in [5.41, 5.74) is 4.18. The van der Waals surface area contributed by atoms with Crippen molar-refractivity contribution in [2.45, 2.75) is 24.8 Å². The van der Waals surface area contributed by atoms with Gasteiger partial charge in [0.1, 0.15) is 5.75 Å². The molecule has 3 heteroatoms. The SMILES string of the molecule is COc1cccc([C@H](C)NC2CSCc3ccccc32)c1. The summed E-state index contributed by atoms with van der Waals surface area (Å²) in [6.45, 7) is 2.22. The number of hydrogen-bond acceptors (Lipinski definition) is 3. The monoisotopic (exact) mass is 299 g/mol. The van der Waals surface area contributed by atoms with Gasteiger partial charge in [0.2, 0.25) is 0 Å². The van der Waals surface area contributed by atoms with Crippen LogP contribution in [0.15, 0.2) is 48.5 Å². The standard InChI is InChI=1S/C18H21NOS/c1-13(14-7-5-8-16(10-14)20-2)19-18-12-21-11-15-6-3-4-9-17(15)18/h3-10,13,18-19H,11-12H2,1-2H3/t13-,18?/m0/s1. The van der Waals surface area contributed by atoms with Gasteiger partial charge in [-0.3, -0.25) is 0 Å². The van der Waals surface area contributed by atoms with Gasteiger partial charge in [0.25, 0.3) is 0 Å². The average molecular weight is 299 g/mol. The zero-order valence-electron chi connectivity index (χ0n) is 12.5. The van der Waals surface area contributed by atoms with E-state index in [-0.39, 0.29) is 0 Å².